The molecule has 1 aromatic carbocycles. The Morgan fingerprint density at radius 2 is 1.91 bits per heavy atom. The van der Waals surface area contributed by atoms with Gasteiger partial charge in [0, 0.05) is 10.9 Å². The highest BCUT2D eigenvalue weighted by Crippen LogP contribution is 2.32. The minimum atomic E-state index is -3.47. The van der Waals surface area contributed by atoms with E-state index in [0.717, 1.165) is 12.8 Å². The highest BCUT2D eigenvalue weighted by molar-refractivity contribution is 7.91. The number of sulfone groups is 1. The van der Waals surface area contributed by atoms with Crippen molar-refractivity contribution in [2.24, 2.45) is 11.8 Å². The maximum atomic E-state index is 12.6. The Morgan fingerprint density at radius 3 is 2.57 bits per heavy atom. The van der Waals surface area contributed by atoms with Gasteiger partial charge in [-0.05, 0) is 43.0 Å². The number of halogens is 1. The number of hydrogen-bond donors (Lipinski definition) is 1. The van der Waals surface area contributed by atoms with Gasteiger partial charge in [0.15, 0.2) is 9.84 Å². The average Bonchev–Trinajstić information content (AvgIpc) is 2.53. The Kier molecular flexibility index (Phi) is 6.03. The zero-order valence-corrected chi connectivity index (χ0v) is 14.2. The van der Waals surface area contributed by atoms with Crippen molar-refractivity contribution < 1.29 is 13.2 Å². The largest absolute Gasteiger partial charge is 0.343 e. The minimum absolute atomic E-state index is 0.0496. The first-order chi connectivity index (χ1) is 10.9. The summed E-state index contributed by atoms with van der Waals surface area (Å²) in [6.07, 6.45) is 3.19. The first-order valence-electron chi connectivity index (χ1n) is 7.57. The third kappa shape index (κ3) is 4.69. The summed E-state index contributed by atoms with van der Waals surface area (Å²) >= 11 is 5.79. The highest BCUT2D eigenvalue weighted by Gasteiger charge is 2.34. The van der Waals surface area contributed by atoms with Gasteiger partial charge in [-0.15, -0.1) is 0 Å². The molecule has 1 aliphatic rings. The molecule has 1 aromatic rings. The fourth-order valence-electron chi connectivity index (χ4n) is 3.03. The van der Waals surface area contributed by atoms with Gasteiger partial charge < -0.3 is 5.32 Å². The van der Waals surface area contributed by atoms with Gasteiger partial charge >= 0.3 is 0 Å². The van der Waals surface area contributed by atoms with Crippen LogP contribution in [0, 0.1) is 23.2 Å². The van der Waals surface area contributed by atoms with E-state index in [1.165, 1.54) is 12.1 Å². The molecule has 0 saturated heterocycles. The number of carbonyl (C=O) groups is 1. The molecule has 1 N–H and O–H groups in total. The van der Waals surface area contributed by atoms with Crippen LogP contribution in [0.3, 0.4) is 0 Å². The van der Waals surface area contributed by atoms with E-state index in [9.17, 15) is 13.2 Å². The number of nitrogens with one attached hydrogen (secondary N) is 1. The van der Waals surface area contributed by atoms with Gasteiger partial charge in [-0.25, -0.2) is 8.42 Å². The second kappa shape index (κ2) is 7.80. The van der Waals surface area contributed by atoms with Gasteiger partial charge in [0.05, 0.1) is 16.7 Å². The molecule has 0 radical (unpaired) electrons. The van der Waals surface area contributed by atoms with Crippen LogP contribution in [0.15, 0.2) is 29.2 Å². The average molecular weight is 355 g/mol. The fourth-order valence-corrected chi connectivity index (χ4v) is 4.86. The van der Waals surface area contributed by atoms with Crippen LogP contribution in [0.1, 0.15) is 25.7 Å². The van der Waals surface area contributed by atoms with Crippen molar-refractivity contribution in [3.63, 3.8) is 0 Å². The van der Waals surface area contributed by atoms with Crippen LogP contribution in [-0.2, 0) is 14.6 Å². The third-order valence-corrected chi connectivity index (χ3v) is 6.30. The molecule has 1 fully saturated rings. The number of benzene rings is 1. The lowest BCUT2D eigenvalue weighted by molar-refractivity contribution is -0.127. The zero-order chi connectivity index (χ0) is 16.9. The summed E-state index contributed by atoms with van der Waals surface area (Å²) in [7, 11) is -3.47. The Morgan fingerprint density at radius 1 is 1.26 bits per heavy atom. The molecule has 2 atom stereocenters. The smallest absolute Gasteiger partial charge is 0.224 e. The van der Waals surface area contributed by atoms with E-state index in [-0.39, 0.29) is 34.9 Å². The predicted octanol–water partition coefficient (Wildman–Crippen LogP) is 2.56. The molecule has 124 valence electrons. The summed E-state index contributed by atoms with van der Waals surface area (Å²) in [5.41, 5.74) is 0. The predicted molar refractivity (Wildman–Crippen MR) is 87.6 cm³/mol. The molecular weight excluding hydrogens is 336 g/mol. The summed E-state index contributed by atoms with van der Waals surface area (Å²) in [6.45, 7) is -0.0496. The topological polar surface area (TPSA) is 87.0 Å². The Labute approximate surface area is 141 Å². The number of rotatable bonds is 5. The molecular formula is C16H19ClN2O3S. The molecule has 1 saturated carbocycles. The van der Waals surface area contributed by atoms with Crippen LogP contribution in [0.4, 0.5) is 0 Å². The van der Waals surface area contributed by atoms with Crippen molar-refractivity contribution in [1.82, 2.24) is 5.32 Å². The minimum Gasteiger partial charge on any atom is -0.343 e. The first kappa shape index (κ1) is 17.8. The van der Waals surface area contributed by atoms with Crippen LogP contribution >= 0.6 is 11.6 Å². The van der Waals surface area contributed by atoms with E-state index < -0.39 is 9.84 Å². The van der Waals surface area contributed by atoms with Gasteiger partial charge in [-0.1, -0.05) is 24.4 Å². The van der Waals surface area contributed by atoms with E-state index in [2.05, 4.69) is 5.32 Å². The van der Waals surface area contributed by atoms with Crippen LogP contribution in [-0.4, -0.2) is 26.6 Å². The van der Waals surface area contributed by atoms with E-state index in [1.807, 2.05) is 6.07 Å². The molecule has 1 amide bonds. The van der Waals surface area contributed by atoms with Crippen molar-refractivity contribution in [1.29, 1.82) is 5.26 Å². The standard InChI is InChI=1S/C16H19ClN2O3S/c17-13-5-7-14(8-6-13)23(21,22)11-12-3-1-2-4-15(12)16(20)19-10-9-18/h5-8,12,15H,1-4,10-11H2,(H,19,20)/t12-,15+/m0/s1. The van der Waals surface area contributed by atoms with E-state index in [0.29, 0.717) is 17.9 Å². The summed E-state index contributed by atoms with van der Waals surface area (Å²) in [5.74, 6) is -0.843. The van der Waals surface area contributed by atoms with Gasteiger partial charge in [0.2, 0.25) is 5.91 Å². The van der Waals surface area contributed by atoms with E-state index >= 15 is 0 Å². The molecule has 0 spiro atoms. The lowest BCUT2D eigenvalue weighted by Crippen LogP contribution is -2.39. The molecule has 1 aliphatic carbocycles. The molecule has 0 unspecified atom stereocenters. The van der Waals surface area contributed by atoms with Gasteiger partial charge in [0.25, 0.3) is 0 Å². The summed E-state index contributed by atoms with van der Waals surface area (Å²) in [5, 5.41) is 11.6. The highest BCUT2D eigenvalue weighted by atomic mass is 35.5. The van der Waals surface area contributed by atoms with Crippen molar-refractivity contribution >= 4 is 27.3 Å². The molecule has 23 heavy (non-hydrogen) atoms. The normalized spacial score (nSPS) is 21.4. The summed E-state index contributed by atoms with van der Waals surface area (Å²) < 4.78 is 25.1. The second-order valence-corrected chi connectivity index (χ2v) is 8.23. The molecule has 0 bridgehead atoms. The number of hydrogen-bond acceptors (Lipinski definition) is 4. The van der Waals surface area contributed by atoms with Crippen molar-refractivity contribution in [2.75, 3.05) is 12.3 Å². The molecule has 0 aliphatic heterocycles. The Balaban J connectivity index is 2.13. The number of nitriles is 1. The summed E-state index contributed by atoms with van der Waals surface area (Å²) in [4.78, 5) is 12.4. The zero-order valence-electron chi connectivity index (χ0n) is 12.7. The number of amides is 1. The number of nitrogens with zero attached hydrogens (tertiary/aromatic N) is 1. The summed E-state index contributed by atoms with van der Waals surface area (Å²) in [6, 6.07) is 7.95. The molecule has 0 aromatic heterocycles. The number of carbonyl (C=O) groups excluding carboxylic acids is 1. The van der Waals surface area contributed by atoms with Crippen molar-refractivity contribution in [3.05, 3.63) is 29.3 Å². The van der Waals surface area contributed by atoms with Gasteiger partial charge in [-0.2, -0.15) is 5.26 Å². The third-order valence-electron chi connectivity index (χ3n) is 4.19. The molecule has 7 heteroatoms. The van der Waals surface area contributed by atoms with Crippen molar-refractivity contribution in [3.8, 4) is 6.07 Å². The molecule has 0 heterocycles. The maximum absolute atomic E-state index is 12.6. The lowest BCUT2D eigenvalue weighted by Gasteiger charge is -2.30. The van der Waals surface area contributed by atoms with Crippen LogP contribution in [0.5, 0.6) is 0 Å². The molecule has 2 rings (SSSR count). The van der Waals surface area contributed by atoms with Crippen LogP contribution in [0.2, 0.25) is 5.02 Å². The van der Waals surface area contributed by atoms with E-state index in [1.54, 1.807) is 12.1 Å². The van der Waals surface area contributed by atoms with Gasteiger partial charge in [-0.3, -0.25) is 4.79 Å². The van der Waals surface area contributed by atoms with Crippen molar-refractivity contribution in [2.45, 2.75) is 30.6 Å². The lowest BCUT2D eigenvalue weighted by atomic mass is 9.80. The van der Waals surface area contributed by atoms with Crippen LogP contribution < -0.4 is 5.32 Å². The van der Waals surface area contributed by atoms with E-state index in [4.69, 9.17) is 16.9 Å². The first-order valence-corrected chi connectivity index (χ1v) is 9.60. The molecule has 5 nitrogen and oxygen atoms in total. The van der Waals surface area contributed by atoms with Crippen LogP contribution in [0.25, 0.3) is 0 Å². The Bertz CT molecular complexity index is 695. The SMILES string of the molecule is N#CCNC(=O)[C@@H]1CCCC[C@H]1CS(=O)(=O)c1ccc(Cl)cc1. The Hall–Kier alpha value is -1.58. The second-order valence-electron chi connectivity index (χ2n) is 5.76. The van der Waals surface area contributed by atoms with Gasteiger partial charge in [0.1, 0.15) is 6.54 Å². The fraction of sp³-hybridized carbons (Fsp3) is 0.500. The monoisotopic (exact) mass is 354 g/mol. The quantitative estimate of drug-likeness (QED) is 0.823. The maximum Gasteiger partial charge on any atom is 0.224 e.